The van der Waals surface area contributed by atoms with Crippen molar-refractivity contribution in [2.75, 3.05) is 7.11 Å². The zero-order valence-electron chi connectivity index (χ0n) is 9.68. The molecule has 0 spiro atoms. The average molecular weight is 265 g/mol. The number of ether oxygens (including phenoxy) is 1. The van der Waals surface area contributed by atoms with Crippen LogP contribution in [0.3, 0.4) is 0 Å². The van der Waals surface area contributed by atoms with Crippen molar-refractivity contribution in [2.24, 2.45) is 0 Å². The van der Waals surface area contributed by atoms with Gasteiger partial charge in [-0.2, -0.15) is 0 Å². The summed E-state index contributed by atoms with van der Waals surface area (Å²) in [6, 6.07) is 5.69. The molecule has 0 bridgehead atoms. The van der Waals surface area contributed by atoms with E-state index in [1.165, 1.54) is 23.6 Å². The Morgan fingerprint density at radius 1 is 1.50 bits per heavy atom. The Kier molecular flexibility index (Phi) is 4.24. The Hall–Kier alpha value is -1.96. The predicted octanol–water partition coefficient (Wildman–Crippen LogP) is 0.533. The maximum Gasteiger partial charge on any atom is 0.327 e. The molecule has 0 N–H and O–H groups in total. The minimum Gasteiger partial charge on any atom is -0.468 e. The fraction of sp³-hybridized carbons (Fsp3) is 0.300. The number of methoxy groups -OCH3 is 1. The molecule has 0 unspecified atom stereocenters. The Balaban J connectivity index is 1.98. The van der Waals surface area contributed by atoms with Gasteiger partial charge in [0.15, 0.2) is 0 Å². The van der Waals surface area contributed by atoms with E-state index in [9.17, 15) is 4.79 Å². The van der Waals surface area contributed by atoms with Crippen LogP contribution >= 0.6 is 11.8 Å². The highest BCUT2D eigenvalue weighted by atomic mass is 32.2. The van der Waals surface area contributed by atoms with Crippen LogP contribution in [0.2, 0.25) is 0 Å². The van der Waals surface area contributed by atoms with E-state index in [0.717, 1.165) is 5.69 Å². The fourth-order valence-electron chi connectivity index (χ4n) is 1.21. The Morgan fingerprint density at radius 2 is 2.39 bits per heavy atom. The van der Waals surface area contributed by atoms with Crippen molar-refractivity contribution in [3.05, 3.63) is 30.1 Å². The van der Waals surface area contributed by atoms with Crippen LogP contribution in [-0.2, 0) is 21.8 Å². The van der Waals surface area contributed by atoms with E-state index in [1.54, 1.807) is 6.20 Å². The van der Waals surface area contributed by atoms with Gasteiger partial charge in [0.1, 0.15) is 6.54 Å². The third-order valence-electron chi connectivity index (χ3n) is 2.08. The summed E-state index contributed by atoms with van der Waals surface area (Å²) in [4.78, 5) is 15.3. The van der Waals surface area contributed by atoms with Gasteiger partial charge < -0.3 is 4.74 Å². The van der Waals surface area contributed by atoms with Crippen molar-refractivity contribution in [2.45, 2.75) is 17.5 Å². The topological polar surface area (TPSA) is 82.8 Å². The molecule has 7 nitrogen and oxygen atoms in total. The summed E-state index contributed by atoms with van der Waals surface area (Å²) < 4.78 is 5.97. The number of thioether (sulfide) groups is 1. The molecule has 0 fully saturated rings. The van der Waals surface area contributed by atoms with Gasteiger partial charge in [-0.05, 0) is 22.6 Å². The van der Waals surface area contributed by atoms with Gasteiger partial charge in [-0.25, -0.2) is 4.68 Å². The normalized spacial score (nSPS) is 10.3. The van der Waals surface area contributed by atoms with Crippen molar-refractivity contribution in [1.29, 1.82) is 0 Å². The number of rotatable bonds is 5. The molecule has 0 amide bonds. The lowest BCUT2D eigenvalue weighted by atomic mass is 10.4. The van der Waals surface area contributed by atoms with Gasteiger partial charge in [-0.3, -0.25) is 9.78 Å². The second kappa shape index (κ2) is 6.10. The summed E-state index contributed by atoms with van der Waals surface area (Å²) in [5.74, 6) is 0.254. The minimum absolute atomic E-state index is 0.00799. The van der Waals surface area contributed by atoms with Crippen LogP contribution in [0, 0.1) is 0 Å². The number of nitrogens with zero attached hydrogens (tertiary/aromatic N) is 5. The molecule has 0 saturated carbocycles. The summed E-state index contributed by atoms with van der Waals surface area (Å²) in [6.45, 7) is 0.00799. The van der Waals surface area contributed by atoms with Crippen LogP contribution in [-0.4, -0.2) is 38.3 Å². The first-order valence-corrected chi connectivity index (χ1v) is 6.14. The van der Waals surface area contributed by atoms with Gasteiger partial charge in [-0.1, -0.05) is 17.8 Å². The van der Waals surface area contributed by atoms with E-state index < -0.39 is 0 Å². The maximum atomic E-state index is 11.1. The van der Waals surface area contributed by atoms with Crippen LogP contribution in [0.4, 0.5) is 0 Å². The second-order valence-corrected chi connectivity index (χ2v) is 4.25. The Bertz CT molecular complexity index is 516. The Labute approximate surface area is 108 Å². The van der Waals surface area contributed by atoms with E-state index in [1.807, 2.05) is 18.2 Å². The largest absolute Gasteiger partial charge is 0.468 e. The molecule has 0 saturated heterocycles. The fourth-order valence-corrected chi connectivity index (χ4v) is 2.00. The zero-order valence-corrected chi connectivity index (χ0v) is 10.5. The van der Waals surface area contributed by atoms with Crippen LogP contribution in [0.5, 0.6) is 0 Å². The molecule has 2 aromatic rings. The number of carbonyl (C=O) groups is 1. The van der Waals surface area contributed by atoms with Crippen LogP contribution in [0.25, 0.3) is 0 Å². The number of hydrogen-bond acceptors (Lipinski definition) is 7. The number of esters is 1. The average Bonchev–Trinajstić information content (AvgIpc) is 2.84. The van der Waals surface area contributed by atoms with Crippen molar-refractivity contribution in [3.63, 3.8) is 0 Å². The molecule has 0 aliphatic carbocycles. The highest BCUT2D eigenvalue weighted by molar-refractivity contribution is 7.98. The van der Waals surface area contributed by atoms with Gasteiger partial charge in [0.25, 0.3) is 0 Å². The SMILES string of the molecule is COC(=O)Cn1nnnc1SCc1ccccn1. The number of tetrazole rings is 1. The standard InChI is InChI=1S/C10H11N5O2S/c1-17-9(16)6-15-10(12-13-14-15)18-7-8-4-2-3-5-11-8/h2-5H,6-7H2,1H3. The summed E-state index contributed by atoms with van der Waals surface area (Å²) >= 11 is 1.42. The van der Waals surface area contributed by atoms with E-state index in [2.05, 4.69) is 25.2 Å². The first kappa shape index (κ1) is 12.5. The molecular formula is C10H11N5O2S. The lowest BCUT2D eigenvalue weighted by molar-refractivity contribution is -0.141. The van der Waals surface area contributed by atoms with Gasteiger partial charge in [0.05, 0.1) is 12.8 Å². The van der Waals surface area contributed by atoms with Crippen molar-refractivity contribution >= 4 is 17.7 Å². The zero-order chi connectivity index (χ0) is 12.8. The first-order valence-electron chi connectivity index (χ1n) is 5.15. The highest BCUT2D eigenvalue weighted by Crippen LogP contribution is 2.18. The molecular weight excluding hydrogens is 254 g/mol. The third-order valence-corrected chi connectivity index (χ3v) is 3.07. The molecule has 18 heavy (non-hydrogen) atoms. The second-order valence-electron chi connectivity index (χ2n) is 3.30. The lowest BCUT2D eigenvalue weighted by Gasteiger charge is -2.02. The number of pyridine rings is 1. The molecule has 0 radical (unpaired) electrons. The molecule has 2 aromatic heterocycles. The molecule has 2 heterocycles. The van der Waals surface area contributed by atoms with Crippen LogP contribution < -0.4 is 0 Å². The van der Waals surface area contributed by atoms with E-state index >= 15 is 0 Å². The van der Waals surface area contributed by atoms with Crippen LogP contribution in [0.1, 0.15) is 5.69 Å². The van der Waals surface area contributed by atoms with Crippen molar-refractivity contribution in [3.8, 4) is 0 Å². The lowest BCUT2D eigenvalue weighted by Crippen LogP contribution is -2.13. The summed E-state index contributed by atoms with van der Waals surface area (Å²) in [7, 11) is 1.33. The minimum atomic E-state index is -0.387. The molecule has 8 heteroatoms. The van der Waals surface area contributed by atoms with Gasteiger partial charge in [0, 0.05) is 11.9 Å². The molecule has 0 aromatic carbocycles. The van der Waals surface area contributed by atoms with Crippen molar-refractivity contribution < 1.29 is 9.53 Å². The quantitative estimate of drug-likeness (QED) is 0.576. The molecule has 94 valence electrons. The third kappa shape index (κ3) is 3.27. The number of aromatic nitrogens is 5. The smallest absolute Gasteiger partial charge is 0.327 e. The van der Waals surface area contributed by atoms with Crippen LogP contribution in [0.15, 0.2) is 29.6 Å². The monoisotopic (exact) mass is 265 g/mol. The molecule has 0 atom stereocenters. The molecule has 0 aliphatic heterocycles. The summed E-state index contributed by atoms with van der Waals surface area (Å²) in [5.41, 5.74) is 0.926. The van der Waals surface area contributed by atoms with Gasteiger partial charge in [0.2, 0.25) is 5.16 Å². The first-order chi connectivity index (χ1) is 8.79. The van der Waals surface area contributed by atoms with Gasteiger partial charge >= 0.3 is 5.97 Å². The molecule has 2 rings (SSSR count). The summed E-state index contributed by atoms with van der Waals surface area (Å²) in [6.07, 6.45) is 1.73. The maximum absolute atomic E-state index is 11.1. The number of carbonyl (C=O) groups excluding carboxylic acids is 1. The van der Waals surface area contributed by atoms with Gasteiger partial charge in [-0.15, -0.1) is 5.10 Å². The Morgan fingerprint density at radius 3 is 3.11 bits per heavy atom. The predicted molar refractivity (Wildman–Crippen MR) is 63.6 cm³/mol. The van der Waals surface area contributed by atoms with Crippen molar-refractivity contribution in [1.82, 2.24) is 25.2 Å². The van der Waals surface area contributed by atoms with E-state index in [4.69, 9.17) is 0 Å². The molecule has 0 aliphatic rings. The van der Waals surface area contributed by atoms with E-state index in [-0.39, 0.29) is 12.5 Å². The van der Waals surface area contributed by atoms with E-state index in [0.29, 0.717) is 10.9 Å². The summed E-state index contributed by atoms with van der Waals surface area (Å²) in [5, 5.41) is 11.7. The highest BCUT2D eigenvalue weighted by Gasteiger charge is 2.11. The number of hydrogen-bond donors (Lipinski definition) is 0.